The first kappa shape index (κ1) is 58.8. The van der Waals surface area contributed by atoms with E-state index in [0.29, 0.717) is 19.3 Å². The van der Waals surface area contributed by atoms with E-state index in [0.717, 1.165) is 19.3 Å². The van der Waals surface area contributed by atoms with Gasteiger partial charge in [0, 0.05) is 52.8 Å². The minimum Gasteiger partial charge on any atom is -0.464 e. The van der Waals surface area contributed by atoms with E-state index in [-0.39, 0.29) is 108 Å². The number of carbonyl (C=O) groups excluding carboxylic acids is 7. The van der Waals surface area contributed by atoms with Crippen LogP contribution < -0.4 is 0 Å². The van der Waals surface area contributed by atoms with Crippen molar-refractivity contribution in [2.24, 2.45) is 57.2 Å². The number of allylic oxidation sites excluding steroid dienone is 6. The maximum Gasteiger partial charge on any atom is 0.315 e. The number of rotatable bonds is 27. The normalized spacial score (nSPS) is 26.0. The molecule has 0 saturated carbocycles. The standard InChI is InChI=1S/C52H80O11S4/c1-33-16-13-19-49(7,8)46(33)39(53)22-36(4)65-26-43(57)61-30-52(29-60-42(56)25-64,31-62-44(58)27-66-37(5)23-40(54)47-34(2)17-14-20-50(47,9)10)32-63-45(59)28-67-38(6)24-41(55)48-35(3)18-15-21-51(48,11)12/h13-18,33-38,46-48,64H,19-32H2,1-12H3/t33?,34?,35?,36-,37+,38?,46?,47?,48?,52?. The van der Waals surface area contributed by atoms with Crippen LogP contribution in [0, 0.1) is 57.2 Å². The fourth-order valence-electron chi connectivity index (χ4n) is 10.2. The van der Waals surface area contributed by atoms with Crippen molar-refractivity contribution in [3.05, 3.63) is 36.5 Å². The minimum atomic E-state index is -1.49. The Morgan fingerprint density at radius 2 is 0.761 bits per heavy atom. The highest BCUT2D eigenvalue weighted by Crippen LogP contribution is 2.44. The predicted octanol–water partition coefficient (Wildman–Crippen LogP) is 10.0. The number of thiol groups is 1. The zero-order valence-corrected chi connectivity index (χ0v) is 45.6. The smallest absolute Gasteiger partial charge is 0.315 e. The maximum absolute atomic E-state index is 13.5. The van der Waals surface area contributed by atoms with Gasteiger partial charge in [0.05, 0.1) is 23.0 Å². The summed E-state index contributed by atoms with van der Waals surface area (Å²) in [6.45, 7) is 22.8. The first-order valence-corrected chi connectivity index (χ1v) is 27.7. The van der Waals surface area contributed by atoms with E-state index in [2.05, 4.69) is 111 Å². The molecule has 15 heteroatoms. The van der Waals surface area contributed by atoms with Gasteiger partial charge in [0.15, 0.2) is 0 Å². The predicted molar refractivity (Wildman–Crippen MR) is 275 cm³/mol. The lowest BCUT2D eigenvalue weighted by Gasteiger charge is -2.39. The van der Waals surface area contributed by atoms with Crippen LogP contribution in [0.5, 0.6) is 0 Å². The summed E-state index contributed by atoms with van der Waals surface area (Å²) in [6, 6.07) is 0. The fourth-order valence-corrected chi connectivity index (χ4v) is 12.6. The van der Waals surface area contributed by atoms with Crippen molar-refractivity contribution in [3.63, 3.8) is 0 Å². The number of carbonyl (C=O) groups is 7. The van der Waals surface area contributed by atoms with E-state index >= 15 is 0 Å². The van der Waals surface area contributed by atoms with Gasteiger partial charge in [0.2, 0.25) is 0 Å². The maximum atomic E-state index is 13.5. The van der Waals surface area contributed by atoms with Gasteiger partial charge in [-0.15, -0.1) is 35.3 Å². The molecule has 0 spiro atoms. The topological polar surface area (TPSA) is 156 Å². The molecule has 11 nitrogen and oxygen atoms in total. The monoisotopic (exact) mass is 1010 g/mol. The van der Waals surface area contributed by atoms with Gasteiger partial charge in [-0.3, -0.25) is 33.6 Å². The number of ether oxygens (including phenoxy) is 4. The van der Waals surface area contributed by atoms with Gasteiger partial charge >= 0.3 is 23.9 Å². The van der Waals surface area contributed by atoms with Crippen molar-refractivity contribution in [2.75, 3.05) is 49.4 Å². The van der Waals surface area contributed by atoms with Crippen LogP contribution in [0.4, 0.5) is 0 Å². The molecule has 0 fully saturated rings. The molecule has 0 aliphatic heterocycles. The first-order chi connectivity index (χ1) is 31.2. The summed E-state index contributed by atoms with van der Waals surface area (Å²) >= 11 is 7.91. The van der Waals surface area contributed by atoms with E-state index in [1.54, 1.807) is 0 Å². The summed E-state index contributed by atoms with van der Waals surface area (Å²) in [5, 5.41) is -0.525. The molecule has 0 aromatic heterocycles. The molecule has 378 valence electrons. The lowest BCUT2D eigenvalue weighted by molar-refractivity contribution is -0.167. The Morgan fingerprint density at radius 1 is 0.507 bits per heavy atom. The molecule has 0 aromatic carbocycles. The molecule has 8 unspecified atom stereocenters. The Balaban J connectivity index is 1.70. The number of esters is 4. The number of hydrogen-bond donors (Lipinski definition) is 1. The summed E-state index contributed by atoms with van der Waals surface area (Å²) in [7, 11) is 0. The number of Topliss-reactive ketones (excluding diaryl/α,β-unsaturated/α-hetero) is 3. The average molecular weight is 1010 g/mol. The molecule has 67 heavy (non-hydrogen) atoms. The molecule has 0 N–H and O–H groups in total. The highest BCUT2D eigenvalue weighted by Gasteiger charge is 2.43. The SMILES string of the molecule is CC(CC(=O)C1C(C)C=CCC1(C)C)SCC(=O)OCC(COC(=O)CS)(COC(=O)CS[C@H](C)CC(=O)C1C(C)C=CCC1(C)C)COC(=O)CS[C@@H](C)CC(=O)C1C(C)C=CCC1(C)C. The quantitative estimate of drug-likeness (QED) is 0.0359. The third-order valence-corrected chi connectivity index (χ3v) is 17.3. The fraction of sp³-hybridized carbons (Fsp3) is 0.750. The van der Waals surface area contributed by atoms with Crippen molar-refractivity contribution >= 4 is 89.1 Å². The first-order valence-electron chi connectivity index (χ1n) is 23.9. The van der Waals surface area contributed by atoms with Gasteiger partial charge < -0.3 is 18.9 Å². The summed E-state index contributed by atoms with van der Waals surface area (Å²) in [6.07, 6.45) is 16.0. The Hall–Kier alpha value is -2.49. The van der Waals surface area contributed by atoms with Crippen molar-refractivity contribution in [2.45, 2.75) is 137 Å². The average Bonchev–Trinajstić information content (AvgIpc) is 3.22. The van der Waals surface area contributed by atoms with Gasteiger partial charge in [-0.05, 0) is 53.3 Å². The van der Waals surface area contributed by atoms with Crippen molar-refractivity contribution in [1.29, 1.82) is 0 Å². The van der Waals surface area contributed by atoms with E-state index in [4.69, 9.17) is 18.9 Å². The zero-order valence-electron chi connectivity index (χ0n) is 42.2. The van der Waals surface area contributed by atoms with Crippen molar-refractivity contribution < 1.29 is 52.5 Å². The van der Waals surface area contributed by atoms with Gasteiger partial charge in [-0.2, -0.15) is 12.6 Å². The summed E-state index contributed by atoms with van der Waals surface area (Å²) in [5.41, 5.74) is -2.00. The van der Waals surface area contributed by atoms with Crippen LogP contribution in [0.3, 0.4) is 0 Å². The minimum absolute atomic E-state index is 0.0786. The highest BCUT2D eigenvalue weighted by atomic mass is 32.2. The third-order valence-electron chi connectivity index (χ3n) is 13.6. The molecule has 3 aliphatic rings. The number of hydrogen-bond acceptors (Lipinski definition) is 15. The molecule has 3 rings (SSSR count). The van der Waals surface area contributed by atoms with Crippen LogP contribution in [0.1, 0.15) is 122 Å². The van der Waals surface area contributed by atoms with Crippen LogP contribution in [-0.2, 0) is 52.5 Å². The Kier molecular flexibility index (Phi) is 23.4. The van der Waals surface area contributed by atoms with Crippen molar-refractivity contribution in [1.82, 2.24) is 0 Å². The van der Waals surface area contributed by atoms with E-state index in [9.17, 15) is 33.6 Å². The van der Waals surface area contributed by atoms with Gasteiger partial charge in [-0.1, -0.05) is 120 Å². The molecule has 0 bridgehead atoms. The number of thioether (sulfide) groups is 3. The lowest BCUT2D eigenvalue weighted by Crippen LogP contribution is -2.44. The van der Waals surface area contributed by atoms with E-state index in [1.165, 1.54) is 35.3 Å². The second-order valence-electron chi connectivity index (χ2n) is 21.5. The summed E-state index contributed by atoms with van der Waals surface area (Å²) in [5.74, 6) is -2.57. The molecule has 0 aromatic rings. The Bertz CT molecular complexity index is 1630. The molecule has 3 aliphatic carbocycles. The van der Waals surface area contributed by atoms with Gasteiger partial charge in [0.1, 0.15) is 49.2 Å². The van der Waals surface area contributed by atoms with E-state index in [1.807, 2.05) is 20.8 Å². The van der Waals surface area contributed by atoms with E-state index < -0.39 is 55.7 Å². The Morgan fingerprint density at radius 3 is 1.00 bits per heavy atom. The molecule has 10 atom stereocenters. The van der Waals surface area contributed by atoms with Gasteiger partial charge in [0.25, 0.3) is 0 Å². The largest absolute Gasteiger partial charge is 0.464 e. The molecule has 0 amide bonds. The van der Waals surface area contributed by atoms with Crippen LogP contribution in [-0.4, -0.2) is 106 Å². The summed E-state index contributed by atoms with van der Waals surface area (Å²) < 4.78 is 22.8. The highest BCUT2D eigenvalue weighted by molar-refractivity contribution is 8.01. The second kappa shape index (κ2) is 26.6. The summed E-state index contributed by atoms with van der Waals surface area (Å²) in [4.78, 5) is 92.9. The van der Waals surface area contributed by atoms with Crippen LogP contribution >= 0.6 is 47.9 Å². The van der Waals surface area contributed by atoms with Gasteiger partial charge in [-0.25, -0.2) is 0 Å². The number of ketones is 3. The van der Waals surface area contributed by atoms with Crippen LogP contribution in [0.25, 0.3) is 0 Å². The molecular weight excluding hydrogens is 929 g/mol. The molecule has 0 heterocycles. The third kappa shape index (κ3) is 18.6. The van der Waals surface area contributed by atoms with Crippen LogP contribution in [0.2, 0.25) is 0 Å². The second-order valence-corrected chi connectivity index (χ2v) is 26.1. The lowest BCUT2D eigenvalue weighted by atomic mass is 9.65. The molecular formula is C52H80O11S4. The Labute approximate surface area is 419 Å². The molecule has 0 radical (unpaired) electrons. The molecule has 0 saturated heterocycles. The van der Waals surface area contributed by atoms with Crippen molar-refractivity contribution in [3.8, 4) is 0 Å². The zero-order chi connectivity index (χ0) is 50.3. The van der Waals surface area contributed by atoms with Crippen LogP contribution in [0.15, 0.2) is 36.5 Å².